The minimum Gasteiger partial charge on any atom is -0.211 e. The van der Waals surface area contributed by atoms with Gasteiger partial charge in [0.05, 0.1) is 5.54 Å². The minimum absolute atomic E-state index is 0.215. The number of benzene rings is 1. The van der Waals surface area contributed by atoms with Crippen molar-refractivity contribution in [3.05, 3.63) is 35.4 Å². The topological polar surface area (TPSA) is 29.4 Å². The number of nitrogens with zero attached hydrogens (tertiary/aromatic N) is 1. The number of hydrogen-bond donors (Lipinski definition) is 0. The molecule has 3 rings (SSSR count). The van der Waals surface area contributed by atoms with E-state index in [4.69, 9.17) is 0 Å². The molecule has 0 saturated heterocycles. The summed E-state index contributed by atoms with van der Waals surface area (Å²) in [6.07, 6.45) is 10.5. The normalized spacial score (nSPS) is 22.2. The van der Waals surface area contributed by atoms with Crippen molar-refractivity contribution in [2.45, 2.75) is 56.4 Å². The largest absolute Gasteiger partial charge is 0.235 e. The molecule has 2 aliphatic carbocycles. The summed E-state index contributed by atoms with van der Waals surface area (Å²) in [7, 11) is 0. The molecular weight excluding hydrogens is 222 g/mol. The Morgan fingerprint density at radius 1 is 1.06 bits per heavy atom. The van der Waals surface area contributed by atoms with Crippen molar-refractivity contribution >= 4 is 6.08 Å². The van der Waals surface area contributed by atoms with E-state index in [0.29, 0.717) is 0 Å². The maximum Gasteiger partial charge on any atom is 0.235 e. The summed E-state index contributed by atoms with van der Waals surface area (Å²) < 4.78 is 0. The molecule has 2 nitrogen and oxygen atoms in total. The van der Waals surface area contributed by atoms with Crippen LogP contribution in [0, 0.1) is 0 Å². The third-order valence-corrected chi connectivity index (χ3v) is 4.51. The molecule has 94 valence electrons. The zero-order chi connectivity index (χ0) is 12.4. The Bertz CT molecular complexity index is 460. The Balaban J connectivity index is 1.78. The second-order valence-corrected chi connectivity index (χ2v) is 5.69. The van der Waals surface area contributed by atoms with Crippen molar-refractivity contribution in [3.8, 4) is 0 Å². The molecule has 1 aromatic carbocycles. The average Bonchev–Trinajstić information content (AvgIpc) is 3.21. The third-order valence-electron chi connectivity index (χ3n) is 4.51. The smallest absolute Gasteiger partial charge is 0.211 e. The Morgan fingerprint density at radius 3 is 2.28 bits per heavy atom. The molecule has 0 aromatic heterocycles. The van der Waals surface area contributed by atoms with Crippen LogP contribution in [0.25, 0.3) is 0 Å². The van der Waals surface area contributed by atoms with Crippen molar-refractivity contribution in [1.82, 2.24) is 0 Å². The molecular formula is C16H19NO. The molecule has 2 heteroatoms. The number of rotatable bonds is 3. The highest BCUT2D eigenvalue weighted by molar-refractivity contribution is 5.42. The van der Waals surface area contributed by atoms with Crippen LogP contribution >= 0.6 is 0 Å². The lowest BCUT2D eigenvalue weighted by molar-refractivity contribution is 0.443. The Morgan fingerprint density at radius 2 is 1.72 bits per heavy atom. The van der Waals surface area contributed by atoms with Gasteiger partial charge in [-0.25, -0.2) is 4.79 Å². The van der Waals surface area contributed by atoms with Gasteiger partial charge in [-0.15, -0.1) is 0 Å². The van der Waals surface area contributed by atoms with E-state index in [0.717, 1.165) is 18.8 Å². The molecule has 0 atom stereocenters. The summed E-state index contributed by atoms with van der Waals surface area (Å²) in [5.41, 5.74) is 2.43. The third kappa shape index (κ3) is 2.13. The maximum absolute atomic E-state index is 10.5. The van der Waals surface area contributed by atoms with Crippen molar-refractivity contribution < 1.29 is 4.79 Å². The van der Waals surface area contributed by atoms with E-state index < -0.39 is 0 Å². The molecule has 2 fully saturated rings. The maximum atomic E-state index is 10.5. The van der Waals surface area contributed by atoms with E-state index in [1.807, 2.05) is 0 Å². The number of isocyanates is 1. The van der Waals surface area contributed by atoms with Gasteiger partial charge < -0.3 is 0 Å². The van der Waals surface area contributed by atoms with E-state index in [1.54, 1.807) is 6.08 Å². The minimum atomic E-state index is -0.215. The first-order valence-electron chi connectivity index (χ1n) is 7.03. The zero-order valence-corrected chi connectivity index (χ0v) is 10.7. The van der Waals surface area contributed by atoms with E-state index in [2.05, 4.69) is 29.3 Å². The molecule has 0 bridgehead atoms. The highest BCUT2D eigenvalue weighted by Crippen LogP contribution is 2.49. The molecule has 0 aliphatic heterocycles. The summed E-state index contributed by atoms with van der Waals surface area (Å²) in [6.45, 7) is 0. The number of hydrogen-bond acceptors (Lipinski definition) is 2. The lowest BCUT2D eigenvalue weighted by Gasteiger charge is -2.22. The highest BCUT2D eigenvalue weighted by atomic mass is 16.1. The molecule has 2 saturated carbocycles. The summed E-state index contributed by atoms with van der Waals surface area (Å²) in [5.74, 6) is 0.748. The lowest BCUT2D eigenvalue weighted by Crippen LogP contribution is -2.06. The van der Waals surface area contributed by atoms with Crippen molar-refractivity contribution in [1.29, 1.82) is 0 Å². The summed E-state index contributed by atoms with van der Waals surface area (Å²) >= 11 is 0. The van der Waals surface area contributed by atoms with Gasteiger partial charge in [-0.05, 0) is 42.7 Å². The van der Waals surface area contributed by atoms with Crippen molar-refractivity contribution in [2.24, 2.45) is 4.99 Å². The van der Waals surface area contributed by atoms with Gasteiger partial charge in [0.25, 0.3) is 0 Å². The van der Waals surface area contributed by atoms with E-state index in [1.165, 1.54) is 43.2 Å². The quantitative estimate of drug-likeness (QED) is 0.579. The molecule has 1 aromatic rings. The molecule has 0 spiro atoms. The van der Waals surface area contributed by atoms with Crippen LogP contribution in [0.2, 0.25) is 0 Å². The monoisotopic (exact) mass is 241 g/mol. The van der Waals surface area contributed by atoms with Crippen LogP contribution in [0.4, 0.5) is 0 Å². The lowest BCUT2D eigenvalue weighted by atomic mass is 9.83. The van der Waals surface area contributed by atoms with E-state index in [-0.39, 0.29) is 5.54 Å². The molecule has 18 heavy (non-hydrogen) atoms. The first-order valence-corrected chi connectivity index (χ1v) is 7.03. The van der Waals surface area contributed by atoms with Crippen molar-refractivity contribution in [3.63, 3.8) is 0 Å². The van der Waals surface area contributed by atoms with Gasteiger partial charge in [0.15, 0.2) is 0 Å². The van der Waals surface area contributed by atoms with Gasteiger partial charge in [-0.2, -0.15) is 4.99 Å². The SMILES string of the molecule is O=C=NC1(c2ccc(C3CCCCC3)cc2)CC1. The molecule has 0 unspecified atom stereocenters. The van der Waals surface area contributed by atoms with Crippen LogP contribution in [0.3, 0.4) is 0 Å². The first kappa shape index (κ1) is 11.7. The van der Waals surface area contributed by atoms with Crippen LogP contribution in [-0.4, -0.2) is 6.08 Å². The van der Waals surface area contributed by atoms with Gasteiger partial charge in [0.1, 0.15) is 0 Å². The van der Waals surface area contributed by atoms with Gasteiger partial charge in [0, 0.05) is 0 Å². The van der Waals surface area contributed by atoms with Gasteiger partial charge in [-0.3, -0.25) is 0 Å². The van der Waals surface area contributed by atoms with E-state index in [9.17, 15) is 4.79 Å². The summed E-state index contributed by atoms with van der Waals surface area (Å²) in [6, 6.07) is 8.81. The van der Waals surface area contributed by atoms with Gasteiger partial charge >= 0.3 is 0 Å². The van der Waals surface area contributed by atoms with Crippen LogP contribution in [0.1, 0.15) is 62.0 Å². The summed E-state index contributed by atoms with van der Waals surface area (Å²) in [5, 5.41) is 0. The fourth-order valence-electron chi connectivity index (χ4n) is 3.17. The van der Waals surface area contributed by atoms with Crippen LogP contribution in [-0.2, 0) is 10.3 Å². The highest BCUT2D eigenvalue weighted by Gasteiger charge is 2.44. The van der Waals surface area contributed by atoms with E-state index >= 15 is 0 Å². The fraction of sp³-hybridized carbons (Fsp3) is 0.562. The van der Waals surface area contributed by atoms with Crippen LogP contribution in [0.5, 0.6) is 0 Å². The number of carbonyl (C=O) groups excluding carboxylic acids is 1. The molecule has 2 aliphatic rings. The molecule has 0 heterocycles. The Hall–Kier alpha value is -1.40. The Labute approximate surface area is 108 Å². The summed E-state index contributed by atoms with van der Waals surface area (Å²) in [4.78, 5) is 14.4. The second-order valence-electron chi connectivity index (χ2n) is 5.69. The number of aliphatic imine (C=N–C) groups is 1. The second kappa shape index (κ2) is 4.70. The first-order chi connectivity index (χ1) is 8.84. The van der Waals surface area contributed by atoms with Crippen LogP contribution in [0.15, 0.2) is 29.3 Å². The molecule has 0 N–H and O–H groups in total. The predicted molar refractivity (Wildman–Crippen MR) is 71.3 cm³/mol. The molecule has 0 amide bonds. The fourth-order valence-corrected chi connectivity index (χ4v) is 3.17. The Kier molecular flexibility index (Phi) is 3.05. The molecule has 0 radical (unpaired) electrons. The van der Waals surface area contributed by atoms with Gasteiger partial charge in [-0.1, -0.05) is 43.5 Å². The average molecular weight is 241 g/mol. The zero-order valence-electron chi connectivity index (χ0n) is 10.7. The van der Waals surface area contributed by atoms with Crippen molar-refractivity contribution in [2.75, 3.05) is 0 Å². The van der Waals surface area contributed by atoms with Crippen LogP contribution < -0.4 is 0 Å². The standard InChI is InChI=1S/C16H19NO/c18-12-17-16(10-11-16)15-8-6-14(7-9-15)13-4-2-1-3-5-13/h6-9,13H,1-5,10-11H2. The predicted octanol–water partition coefficient (Wildman–Crippen LogP) is 4.06. The van der Waals surface area contributed by atoms with Gasteiger partial charge in [0.2, 0.25) is 6.08 Å².